The van der Waals surface area contributed by atoms with Crippen molar-refractivity contribution < 1.29 is 14.4 Å². The Morgan fingerprint density at radius 2 is 1.82 bits per heavy atom. The van der Waals surface area contributed by atoms with Crippen molar-refractivity contribution in [1.29, 1.82) is 0 Å². The number of imide groups is 1. The molecular weight excluding hydrogens is 354 g/mol. The number of nitrogens with one attached hydrogen (secondary N) is 1. The monoisotopic (exact) mass is 377 g/mol. The van der Waals surface area contributed by atoms with E-state index < -0.39 is 11.6 Å². The quantitative estimate of drug-likeness (QED) is 0.836. The molecule has 28 heavy (non-hydrogen) atoms. The molecule has 2 fully saturated rings. The number of amides is 4. The number of likely N-dealkylation sites (tertiary alicyclic amines) is 1. The fourth-order valence-electron chi connectivity index (χ4n) is 3.92. The van der Waals surface area contributed by atoms with E-state index >= 15 is 0 Å². The number of hydrogen-bond donors (Lipinski definition) is 1. The van der Waals surface area contributed by atoms with Crippen molar-refractivity contribution in [1.82, 2.24) is 15.1 Å². The van der Waals surface area contributed by atoms with Gasteiger partial charge in [0.2, 0.25) is 0 Å². The van der Waals surface area contributed by atoms with Crippen molar-refractivity contribution in [2.45, 2.75) is 32.4 Å². The molecule has 1 N–H and O–H groups in total. The Labute approximate surface area is 164 Å². The van der Waals surface area contributed by atoms with Crippen LogP contribution in [0.1, 0.15) is 33.5 Å². The maximum absolute atomic E-state index is 13.1. The molecule has 1 unspecified atom stereocenters. The van der Waals surface area contributed by atoms with Gasteiger partial charge in [-0.15, -0.1) is 0 Å². The van der Waals surface area contributed by atoms with Crippen LogP contribution in [0.15, 0.2) is 48.5 Å². The third-order valence-electron chi connectivity index (χ3n) is 5.53. The van der Waals surface area contributed by atoms with Crippen molar-refractivity contribution in [2.75, 3.05) is 13.1 Å². The minimum Gasteiger partial charge on any atom is -0.336 e. The van der Waals surface area contributed by atoms with Crippen LogP contribution in [0, 0.1) is 13.8 Å². The van der Waals surface area contributed by atoms with E-state index in [4.69, 9.17) is 0 Å². The van der Waals surface area contributed by atoms with E-state index in [2.05, 4.69) is 5.32 Å². The van der Waals surface area contributed by atoms with Gasteiger partial charge in [-0.1, -0.05) is 47.5 Å². The maximum atomic E-state index is 13.1. The molecule has 4 amide bonds. The van der Waals surface area contributed by atoms with Crippen molar-refractivity contribution in [2.24, 2.45) is 0 Å². The Kier molecular flexibility index (Phi) is 4.41. The second kappa shape index (κ2) is 6.78. The number of carbonyl (C=O) groups excluding carboxylic acids is 3. The smallest absolute Gasteiger partial charge is 0.325 e. The van der Waals surface area contributed by atoms with Gasteiger partial charge in [0.25, 0.3) is 11.8 Å². The molecule has 6 heteroatoms. The fraction of sp³-hybridized carbons (Fsp3) is 0.318. The Morgan fingerprint density at radius 1 is 1.07 bits per heavy atom. The number of urea groups is 1. The van der Waals surface area contributed by atoms with Gasteiger partial charge in [-0.3, -0.25) is 14.5 Å². The van der Waals surface area contributed by atoms with E-state index in [0.29, 0.717) is 18.5 Å². The van der Waals surface area contributed by atoms with Crippen LogP contribution in [-0.4, -0.2) is 46.3 Å². The predicted molar refractivity (Wildman–Crippen MR) is 105 cm³/mol. The molecule has 0 aromatic heterocycles. The molecule has 0 radical (unpaired) electrons. The van der Waals surface area contributed by atoms with Crippen molar-refractivity contribution >= 4 is 17.8 Å². The molecule has 1 spiro atoms. The van der Waals surface area contributed by atoms with Crippen LogP contribution in [-0.2, 0) is 11.3 Å². The molecule has 0 aliphatic carbocycles. The minimum atomic E-state index is -1.01. The van der Waals surface area contributed by atoms with Gasteiger partial charge < -0.3 is 10.2 Å². The molecule has 2 aromatic carbocycles. The number of carbonyl (C=O) groups is 3. The first kappa shape index (κ1) is 18.2. The summed E-state index contributed by atoms with van der Waals surface area (Å²) < 4.78 is 0. The number of rotatable bonds is 3. The molecular formula is C22H23N3O3. The standard InChI is InChI=1S/C22H23N3O3/c1-15-6-8-17(9-7-15)13-25-20(27)22(23-21(25)28)10-11-24(14-22)19(26)18-5-3-4-16(2)12-18/h3-9,12H,10-11,13-14H2,1-2H3,(H,23,28). The first-order valence-corrected chi connectivity index (χ1v) is 9.44. The third-order valence-corrected chi connectivity index (χ3v) is 5.53. The largest absolute Gasteiger partial charge is 0.336 e. The predicted octanol–water partition coefficient (Wildman–Crippen LogP) is 2.64. The molecule has 0 bridgehead atoms. The average molecular weight is 377 g/mol. The lowest BCUT2D eigenvalue weighted by molar-refractivity contribution is -0.131. The van der Waals surface area contributed by atoms with Crippen LogP contribution in [0.2, 0.25) is 0 Å². The molecule has 2 aromatic rings. The van der Waals surface area contributed by atoms with Crippen molar-refractivity contribution in [3.05, 3.63) is 70.8 Å². The van der Waals surface area contributed by atoms with Gasteiger partial charge in [-0.25, -0.2) is 4.79 Å². The zero-order valence-corrected chi connectivity index (χ0v) is 16.1. The summed E-state index contributed by atoms with van der Waals surface area (Å²) in [5, 5.41) is 2.85. The van der Waals surface area contributed by atoms with Gasteiger partial charge >= 0.3 is 6.03 Å². The summed E-state index contributed by atoms with van der Waals surface area (Å²) >= 11 is 0. The number of aryl methyl sites for hydroxylation is 2. The van der Waals surface area contributed by atoms with Gasteiger partial charge in [0.1, 0.15) is 5.54 Å². The van der Waals surface area contributed by atoms with Crippen molar-refractivity contribution in [3.8, 4) is 0 Å². The van der Waals surface area contributed by atoms with Crippen LogP contribution < -0.4 is 5.32 Å². The van der Waals surface area contributed by atoms with Crippen LogP contribution >= 0.6 is 0 Å². The highest BCUT2D eigenvalue weighted by Crippen LogP contribution is 2.30. The molecule has 144 valence electrons. The molecule has 6 nitrogen and oxygen atoms in total. The molecule has 2 aliphatic heterocycles. The number of benzene rings is 2. The summed E-state index contributed by atoms with van der Waals surface area (Å²) in [4.78, 5) is 41.3. The summed E-state index contributed by atoms with van der Waals surface area (Å²) in [5.41, 5.74) is 2.62. The van der Waals surface area contributed by atoms with Crippen LogP contribution in [0.25, 0.3) is 0 Å². The number of nitrogens with zero attached hydrogens (tertiary/aromatic N) is 2. The highest BCUT2D eigenvalue weighted by molar-refractivity contribution is 6.08. The zero-order chi connectivity index (χ0) is 19.9. The normalized spacial score (nSPS) is 21.5. The first-order valence-electron chi connectivity index (χ1n) is 9.44. The van der Waals surface area contributed by atoms with Crippen LogP contribution in [0.4, 0.5) is 4.79 Å². The lowest BCUT2D eigenvalue weighted by Crippen LogP contribution is -2.49. The second-order valence-electron chi connectivity index (χ2n) is 7.74. The Bertz CT molecular complexity index is 954. The van der Waals surface area contributed by atoms with Gasteiger partial charge in [0, 0.05) is 12.1 Å². The van der Waals surface area contributed by atoms with Crippen LogP contribution in [0.3, 0.4) is 0 Å². The fourth-order valence-corrected chi connectivity index (χ4v) is 3.92. The molecule has 2 heterocycles. The second-order valence-corrected chi connectivity index (χ2v) is 7.74. The molecule has 1 atom stereocenters. The summed E-state index contributed by atoms with van der Waals surface area (Å²) in [5.74, 6) is -0.364. The number of hydrogen-bond acceptors (Lipinski definition) is 3. The summed E-state index contributed by atoms with van der Waals surface area (Å²) in [7, 11) is 0. The third kappa shape index (κ3) is 3.15. The summed E-state index contributed by atoms with van der Waals surface area (Å²) in [6.45, 7) is 4.81. The highest BCUT2D eigenvalue weighted by Gasteiger charge is 2.55. The van der Waals surface area contributed by atoms with Gasteiger partial charge in [0.05, 0.1) is 13.1 Å². The topological polar surface area (TPSA) is 69.7 Å². The van der Waals surface area contributed by atoms with Crippen LogP contribution in [0.5, 0.6) is 0 Å². The highest BCUT2D eigenvalue weighted by atomic mass is 16.2. The van der Waals surface area contributed by atoms with Gasteiger partial charge in [0.15, 0.2) is 0 Å². The van der Waals surface area contributed by atoms with E-state index in [9.17, 15) is 14.4 Å². The summed E-state index contributed by atoms with van der Waals surface area (Å²) in [6.07, 6.45) is 0.430. The van der Waals surface area contributed by atoms with E-state index in [1.165, 1.54) is 4.90 Å². The van der Waals surface area contributed by atoms with Crippen molar-refractivity contribution in [3.63, 3.8) is 0 Å². The lowest BCUT2D eigenvalue weighted by atomic mass is 9.99. The minimum absolute atomic E-state index is 0.111. The van der Waals surface area contributed by atoms with E-state index in [1.54, 1.807) is 11.0 Å². The zero-order valence-electron chi connectivity index (χ0n) is 16.1. The van der Waals surface area contributed by atoms with E-state index in [-0.39, 0.29) is 24.9 Å². The molecule has 2 aliphatic rings. The lowest BCUT2D eigenvalue weighted by Gasteiger charge is -2.22. The average Bonchev–Trinajstić information content (AvgIpc) is 3.20. The Hall–Kier alpha value is -3.15. The Balaban J connectivity index is 1.50. The first-order chi connectivity index (χ1) is 13.4. The molecule has 0 saturated carbocycles. The van der Waals surface area contributed by atoms with E-state index in [1.807, 2.05) is 56.3 Å². The maximum Gasteiger partial charge on any atom is 0.325 e. The Morgan fingerprint density at radius 3 is 2.54 bits per heavy atom. The van der Waals surface area contributed by atoms with Gasteiger partial charge in [-0.2, -0.15) is 0 Å². The molecule has 4 rings (SSSR count). The van der Waals surface area contributed by atoms with E-state index in [0.717, 1.165) is 16.7 Å². The molecule has 2 saturated heterocycles. The summed E-state index contributed by atoms with van der Waals surface area (Å²) in [6, 6.07) is 14.8. The SMILES string of the molecule is Cc1ccc(CN2C(=O)NC3(CCN(C(=O)c4cccc(C)c4)C3)C2=O)cc1. The van der Waals surface area contributed by atoms with Gasteiger partial charge in [-0.05, 0) is 38.0 Å².